The van der Waals surface area contributed by atoms with Gasteiger partial charge in [-0.25, -0.2) is 4.79 Å². The predicted octanol–water partition coefficient (Wildman–Crippen LogP) is 2.87. The van der Waals surface area contributed by atoms with Gasteiger partial charge in [-0.15, -0.1) is 0 Å². The maximum atomic E-state index is 11.7. The molecule has 1 aromatic carbocycles. The molecule has 84 valence electrons. The van der Waals surface area contributed by atoms with Crippen molar-refractivity contribution < 1.29 is 14.3 Å². The van der Waals surface area contributed by atoms with E-state index in [-0.39, 0.29) is 12.1 Å². The van der Waals surface area contributed by atoms with Gasteiger partial charge in [-0.2, -0.15) is 0 Å². The van der Waals surface area contributed by atoms with Crippen LogP contribution in [0.2, 0.25) is 0 Å². The predicted molar refractivity (Wildman–Crippen MR) is 60.6 cm³/mol. The molecule has 0 N–H and O–H groups in total. The van der Waals surface area contributed by atoms with Crippen LogP contribution in [0.15, 0.2) is 30.4 Å². The van der Waals surface area contributed by atoms with E-state index in [1.807, 2.05) is 31.2 Å². The van der Waals surface area contributed by atoms with E-state index in [9.17, 15) is 4.79 Å². The Hall–Kier alpha value is -1.77. The molecule has 1 unspecified atom stereocenters. The van der Waals surface area contributed by atoms with Gasteiger partial charge in [-0.1, -0.05) is 24.3 Å². The topological polar surface area (TPSA) is 35.5 Å². The van der Waals surface area contributed by atoms with E-state index in [4.69, 9.17) is 9.47 Å². The molecule has 1 aliphatic rings. The first kappa shape index (κ1) is 10.7. The van der Waals surface area contributed by atoms with Gasteiger partial charge < -0.3 is 9.47 Å². The fourth-order valence-corrected chi connectivity index (χ4v) is 1.89. The Kier molecular flexibility index (Phi) is 2.95. The minimum atomic E-state index is -0.290. The molecule has 2 rings (SSSR count). The molecule has 0 fully saturated rings. The largest absolute Gasteiger partial charge is 0.496 e. The molecule has 1 aromatic rings. The van der Waals surface area contributed by atoms with Gasteiger partial charge in [-0.3, -0.25) is 0 Å². The highest BCUT2D eigenvalue weighted by Gasteiger charge is 2.32. The van der Waals surface area contributed by atoms with Gasteiger partial charge in [0.15, 0.2) is 0 Å². The van der Waals surface area contributed by atoms with E-state index in [1.54, 1.807) is 13.2 Å². The Morgan fingerprint density at radius 2 is 2.31 bits per heavy atom. The van der Waals surface area contributed by atoms with Crippen molar-refractivity contribution in [1.82, 2.24) is 0 Å². The number of esters is 1. The van der Waals surface area contributed by atoms with E-state index in [0.717, 1.165) is 5.56 Å². The summed E-state index contributed by atoms with van der Waals surface area (Å²) < 4.78 is 10.5. The van der Waals surface area contributed by atoms with Crippen LogP contribution in [0.4, 0.5) is 0 Å². The highest BCUT2D eigenvalue weighted by atomic mass is 16.6. The number of carbonyl (C=O) groups is 1. The number of allylic oxidation sites excluding steroid dienone is 1. The van der Waals surface area contributed by atoms with Crippen molar-refractivity contribution in [2.45, 2.75) is 19.4 Å². The van der Waals surface area contributed by atoms with Crippen molar-refractivity contribution in [3.05, 3.63) is 41.5 Å². The molecule has 0 saturated heterocycles. The van der Waals surface area contributed by atoms with Gasteiger partial charge in [0.25, 0.3) is 0 Å². The number of methoxy groups -OCH3 is 1. The van der Waals surface area contributed by atoms with Gasteiger partial charge in [0.2, 0.25) is 0 Å². The van der Waals surface area contributed by atoms with Crippen LogP contribution in [0.5, 0.6) is 5.75 Å². The second-order valence-electron chi connectivity index (χ2n) is 3.62. The molecule has 0 aromatic heterocycles. The maximum absolute atomic E-state index is 11.7. The second-order valence-corrected chi connectivity index (χ2v) is 3.62. The number of rotatable bonds is 3. The molecule has 0 aliphatic carbocycles. The summed E-state index contributed by atoms with van der Waals surface area (Å²) in [6, 6.07) is 5.57. The lowest BCUT2D eigenvalue weighted by molar-refractivity contribution is 0.0390. The summed E-state index contributed by atoms with van der Waals surface area (Å²) in [6.07, 6.45) is 4.48. The lowest BCUT2D eigenvalue weighted by atomic mass is 10.0. The number of fused-ring (bicyclic) bond motifs is 1. The van der Waals surface area contributed by atoms with E-state index in [2.05, 4.69) is 0 Å². The quantitative estimate of drug-likeness (QED) is 0.578. The smallest absolute Gasteiger partial charge is 0.342 e. The summed E-state index contributed by atoms with van der Waals surface area (Å²) >= 11 is 0. The average molecular weight is 218 g/mol. The average Bonchev–Trinajstić information content (AvgIpc) is 2.64. The Balaban J connectivity index is 2.39. The van der Waals surface area contributed by atoms with Crippen molar-refractivity contribution in [2.24, 2.45) is 0 Å². The lowest BCUT2D eigenvalue weighted by Gasteiger charge is -2.07. The molecule has 3 heteroatoms. The van der Waals surface area contributed by atoms with Crippen molar-refractivity contribution in [3.8, 4) is 5.75 Å². The first-order chi connectivity index (χ1) is 7.77. The molecule has 16 heavy (non-hydrogen) atoms. The highest BCUT2D eigenvalue weighted by Crippen LogP contribution is 2.37. The van der Waals surface area contributed by atoms with E-state index >= 15 is 0 Å². The minimum absolute atomic E-state index is 0.172. The fraction of sp³-hybridized carbons (Fsp3) is 0.308. The molecular weight excluding hydrogens is 204 g/mol. The number of hydrogen-bond acceptors (Lipinski definition) is 3. The summed E-state index contributed by atoms with van der Waals surface area (Å²) in [5.74, 6) is 0.299. The van der Waals surface area contributed by atoms with Gasteiger partial charge >= 0.3 is 5.97 Å². The number of hydrogen-bond donors (Lipinski definition) is 0. The lowest BCUT2D eigenvalue weighted by Crippen LogP contribution is -1.98. The molecule has 0 bridgehead atoms. The normalized spacial score (nSPS) is 18.6. The maximum Gasteiger partial charge on any atom is 0.342 e. The SMILES string of the molecule is C/C=C\CC1OC(=O)c2c(OC)cccc21. The molecule has 0 spiro atoms. The van der Waals surface area contributed by atoms with Crippen molar-refractivity contribution in [1.29, 1.82) is 0 Å². The van der Waals surface area contributed by atoms with Gasteiger partial charge in [-0.05, 0) is 13.0 Å². The van der Waals surface area contributed by atoms with Crippen LogP contribution in [-0.4, -0.2) is 13.1 Å². The number of cyclic esters (lactones) is 1. The van der Waals surface area contributed by atoms with Crippen LogP contribution in [0, 0.1) is 0 Å². The zero-order valence-corrected chi connectivity index (χ0v) is 9.40. The number of benzene rings is 1. The van der Waals surface area contributed by atoms with Crippen molar-refractivity contribution >= 4 is 5.97 Å². The first-order valence-electron chi connectivity index (χ1n) is 5.27. The molecule has 1 atom stereocenters. The van der Waals surface area contributed by atoms with Crippen molar-refractivity contribution in [3.63, 3.8) is 0 Å². The van der Waals surface area contributed by atoms with Crippen molar-refractivity contribution in [2.75, 3.05) is 7.11 Å². The standard InChI is InChI=1S/C13H14O3/c1-3-4-7-10-9-6-5-8-11(15-2)12(9)13(14)16-10/h3-6,8,10H,7H2,1-2H3/b4-3-. The summed E-state index contributed by atoms with van der Waals surface area (Å²) in [5.41, 5.74) is 1.49. The molecule has 0 amide bonds. The summed E-state index contributed by atoms with van der Waals surface area (Å²) in [5, 5.41) is 0. The summed E-state index contributed by atoms with van der Waals surface area (Å²) in [7, 11) is 1.56. The fourth-order valence-electron chi connectivity index (χ4n) is 1.89. The third kappa shape index (κ3) is 1.69. The molecule has 1 heterocycles. The Labute approximate surface area is 94.7 Å². The van der Waals surface area contributed by atoms with Crippen LogP contribution in [0.25, 0.3) is 0 Å². The summed E-state index contributed by atoms with van der Waals surface area (Å²) in [4.78, 5) is 11.7. The Morgan fingerprint density at radius 3 is 3.00 bits per heavy atom. The molecule has 1 aliphatic heterocycles. The van der Waals surface area contributed by atoms with Gasteiger partial charge in [0, 0.05) is 12.0 Å². The number of carbonyl (C=O) groups excluding carboxylic acids is 1. The Bertz CT molecular complexity index is 435. The van der Waals surface area contributed by atoms with Crippen LogP contribution < -0.4 is 4.74 Å². The third-order valence-electron chi connectivity index (χ3n) is 2.66. The first-order valence-corrected chi connectivity index (χ1v) is 5.27. The van der Waals surface area contributed by atoms with E-state index < -0.39 is 0 Å². The monoisotopic (exact) mass is 218 g/mol. The molecule has 0 saturated carbocycles. The third-order valence-corrected chi connectivity index (χ3v) is 2.66. The van der Waals surface area contributed by atoms with E-state index in [0.29, 0.717) is 17.7 Å². The Morgan fingerprint density at radius 1 is 1.50 bits per heavy atom. The number of ether oxygens (including phenoxy) is 2. The summed E-state index contributed by atoms with van der Waals surface area (Å²) in [6.45, 7) is 1.95. The minimum Gasteiger partial charge on any atom is -0.496 e. The van der Waals surface area contributed by atoms with Crippen LogP contribution in [0.1, 0.15) is 35.4 Å². The van der Waals surface area contributed by atoms with Gasteiger partial charge in [0.1, 0.15) is 17.4 Å². The van der Waals surface area contributed by atoms with Gasteiger partial charge in [0.05, 0.1) is 7.11 Å². The zero-order valence-electron chi connectivity index (χ0n) is 9.40. The zero-order chi connectivity index (χ0) is 11.5. The van der Waals surface area contributed by atoms with Crippen LogP contribution >= 0.6 is 0 Å². The molecule has 0 radical (unpaired) electrons. The van der Waals surface area contributed by atoms with Crippen LogP contribution in [0.3, 0.4) is 0 Å². The second kappa shape index (κ2) is 4.39. The molecule has 3 nitrogen and oxygen atoms in total. The van der Waals surface area contributed by atoms with Crippen LogP contribution in [-0.2, 0) is 4.74 Å². The molecular formula is C13H14O3. The highest BCUT2D eigenvalue weighted by molar-refractivity contribution is 5.97. The van der Waals surface area contributed by atoms with E-state index in [1.165, 1.54) is 0 Å².